The maximum atomic E-state index is 13.3. The van der Waals surface area contributed by atoms with Gasteiger partial charge in [0, 0.05) is 18.0 Å². The van der Waals surface area contributed by atoms with Crippen molar-refractivity contribution < 1.29 is 14.6 Å². The molecule has 2 atom stereocenters. The van der Waals surface area contributed by atoms with Gasteiger partial charge < -0.3 is 19.6 Å². The Kier molecular flexibility index (Phi) is 8.00. The van der Waals surface area contributed by atoms with Crippen LogP contribution in [0.4, 0.5) is 5.69 Å². The van der Waals surface area contributed by atoms with Crippen LogP contribution in [0.25, 0.3) is 0 Å². The molecule has 1 heterocycles. The highest BCUT2D eigenvalue weighted by Gasteiger charge is 2.38. The predicted octanol–water partition coefficient (Wildman–Crippen LogP) is 3.84. The lowest BCUT2D eigenvalue weighted by Gasteiger charge is -2.28. The summed E-state index contributed by atoms with van der Waals surface area (Å²) >= 11 is 1.55. The summed E-state index contributed by atoms with van der Waals surface area (Å²) in [5.41, 5.74) is 4.05. The number of rotatable bonds is 5. The van der Waals surface area contributed by atoms with Crippen LogP contribution in [0, 0.1) is 13.8 Å². The number of thioether (sulfide) groups is 1. The molecule has 0 radical (unpaired) electrons. The van der Waals surface area contributed by atoms with Gasteiger partial charge in [0.05, 0.1) is 18.0 Å². The number of halogens is 1. The molecule has 2 aromatic rings. The number of aryl methyl sites for hydroxylation is 1. The van der Waals surface area contributed by atoms with E-state index in [-0.39, 0.29) is 23.6 Å². The van der Waals surface area contributed by atoms with E-state index in [1.165, 1.54) is 0 Å². The highest BCUT2D eigenvalue weighted by atomic mass is 35.5. The van der Waals surface area contributed by atoms with Gasteiger partial charge in [0.15, 0.2) is 0 Å². The summed E-state index contributed by atoms with van der Waals surface area (Å²) in [6.07, 6.45) is -1.12. The number of amides is 1. The van der Waals surface area contributed by atoms with Crippen molar-refractivity contribution >= 4 is 35.8 Å². The zero-order valence-corrected chi connectivity index (χ0v) is 19.1. The van der Waals surface area contributed by atoms with Crippen molar-refractivity contribution in [2.45, 2.75) is 30.1 Å². The Morgan fingerprint density at radius 1 is 1.14 bits per heavy atom. The smallest absolute Gasteiger partial charge is 0.257 e. The highest BCUT2D eigenvalue weighted by Crippen LogP contribution is 2.47. The number of methoxy groups -OCH3 is 1. The van der Waals surface area contributed by atoms with Gasteiger partial charge in [-0.15, -0.1) is 24.2 Å². The number of aliphatic hydroxyl groups is 1. The van der Waals surface area contributed by atoms with E-state index < -0.39 is 6.10 Å². The highest BCUT2D eigenvalue weighted by molar-refractivity contribution is 7.99. The fraction of sp³-hybridized carbons (Fsp3) is 0.409. The normalized spacial score (nSPS) is 18.9. The van der Waals surface area contributed by atoms with Crippen molar-refractivity contribution in [2.75, 3.05) is 39.2 Å². The number of benzene rings is 2. The van der Waals surface area contributed by atoms with Crippen LogP contribution < -0.4 is 9.64 Å². The van der Waals surface area contributed by atoms with E-state index >= 15 is 0 Å². The van der Waals surface area contributed by atoms with Gasteiger partial charge in [-0.2, -0.15) is 0 Å². The molecule has 0 spiro atoms. The molecule has 7 heteroatoms. The number of fused-ring (bicyclic) bond motifs is 1. The second-order valence-corrected chi connectivity index (χ2v) is 8.59. The Balaban J connectivity index is 0.00000300. The topological polar surface area (TPSA) is 53.0 Å². The number of nitrogens with zero attached hydrogens (tertiary/aromatic N) is 2. The molecule has 0 bridgehead atoms. The van der Waals surface area contributed by atoms with E-state index in [0.29, 0.717) is 6.54 Å². The van der Waals surface area contributed by atoms with Crippen molar-refractivity contribution in [3.8, 4) is 5.75 Å². The summed E-state index contributed by atoms with van der Waals surface area (Å²) in [5, 5.41) is 10.6. The van der Waals surface area contributed by atoms with Crippen molar-refractivity contribution in [1.29, 1.82) is 0 Å². The molecule has 2 aromatic carbocycles. The summed E-state index contributed by atoms with van der Waals surface area (Å²) in [4.78, 5) is 18.1. The van der Waals surface area contributed by atoms with Crippen LogP contribution >= 0.6 is 24.2 Å². The molecule has 1 aliphatic rings. The van der Waals surface area contributed by atoms with Gasteiger partial charge in [-0.25, -0.2) is 0 Å². The first-order chi connectivity index (χ1) is 13.3. The van der Waals surface area contributed by atoms with Gasteiger partial charge in [0.2, 0.25) is 0 Å². The number of anilines is 1. The quantitative estimate of drug-likeness (QED) is 0.771. The minimum absolute atomic E-state index is 0. The van der Waals surface area contributed by atoms with E-state index in [2.05, 4.69) is 19.1 Å². The maximum absolute atomic E-state index is 13.3. The first-order valence-corrected chi connectivity index (χ1v) is 10.3. The maximum Gasteiger partial charge on any atom is 0.257 e. The summed E-state index contributed by atoms with van der Waals surface area (Å²) in [7, 11) is 5.59. The lowest BCUT2D eigenvalue weighted by atomic mass is 10.0. The van der Waals surface area contributed by atoms with Crippen LogP contribution in [-0.2, 0) is 4.79 Å². The molecule has 0 saturated carbocycles. The fourth-order valence-corrected chi connectivity index (χ4v) is 4.71. The van der Waals surface area contributed by atoms with E-state index in [4.69, 9.17) is 4.74 Å². The standard InChI is InChI=1S/C22H28N2O3S.ClH/c1-14-6-11-18-19(15(14)2)24(13-12-23(3)4)22(26)20(25)21(28-18)16-7-9-17(27-5)10-8-16;/h6-11,20-21,25H,12-13H2,1-5H3;1H/t20-,21+;/m0./s1. The molecule has 3 rings (SSSR count). The molecule has 29 heavy (non-hydrogen) atoms. The van der Waals surface area contributed by atoms with Gasteiger partial charge in [0.25, 0.3) is 5.91 Å². The van der Waals surface area contributed by atoms with Crippen LogP contribution in [0.5, 0.6) is 5.75 Å². The largest absolute Gasteiger partial charge is 0.497 e. The minimum Gasteiger partial charge on any atom is -0.497 e. The lowest BCUT2D eigenvalue weighted by Crippen LogP contribution is -2.43. The molecular formula is C22H29ClN2O3S. The number of carbonyl (C=O) groups is 1. The van der Waals surface area contributed by atoms with Gasteiger partial charge in [-0.1, -0.05) is 18.2 Å². The Morgan fingerprint density at radius 3 is 2.38 bits per heavy atom. The summed E-state index contributed by atoms with van der Waals surface area (Å²) < 4.78 is 5.24. The molecular weight excluding hydrogens is 408 g/mol. The molecule has 0 fully saturated rings. The Bertz CT molecular complexity index is 858. The van der Waals surface area contributed by atoms with E-state index in [1.54, 1.807) is 23.8 Å². The molecule has 158 valence electrons. The van der Waals surface area contributed by atoms with Gasteiger partial charge in [-0.3, -0.25) is 4.79 Å². The first-order valence-electron chi connectivity index (χ1n) is 9.38. The molecule has 1 aliphatic heterocycles. The number of likely N-dealkylation sites (N-methyl/N-ethyl adjacent to an activating group) is 1. The van der Waals surface area contributed by atoms with Gasteiger partial charge in [-0.05, 0) is 62.8 Å². The fourth-order valence-electron chi connectivity index (χ4n) is 3.37. The minimum atomic E-state index is -1.12. The van der Waals surface area contributed by atoms with Crippen LogP contribution in [0.15, 0.2) is 41.3 Å². The van der Waals surface area contributed by atoms with Gasteiger partial charge in [0.1, 0.15) is 11.9 Å². The van der Waals surface area contributed by atoms with Crippen LogP contribution in [0.3, 0.4) is 0 Å². The number of hydrogen-bond acceptors (Lipinski definition) is 5. The lowest BCUT2D eigenvalue weighted by molar-refractivity contribution is -0.126. The molecule has 0 unspecified atom stereocenters. The molecule has 0 aromatic heterocycles. The van der Waals surface area contributed by atoms with Crippen LogP contribution in [0.2, 0.25) is 0 Å². The molecule has 1 amide bonds. The van der Waals surface area contributed by atoms with Crippen molar-refractivity contribution in [3.63, 3.8) is 0 Å². The van der Waals surface area contributed by atoms with E-state index in [9.17, 15) is 9.90 Å². The Hall–Kier alpha value is -1.73. The van der Waals surface area contributed by atoms with E-state index in [1.807, 2.05) is 50.2 Å². The van der Waals surface area contributed by atoms with E-state index in [0.717, 1.165) is 39.6 Å². The number of carbonyl (C=O) groups excluding carboxylic acids is 1. The number of hydrogen-bond donors (Lipinski definition) is 1. The summed E-state index contributed by atoms with van der Waals surface area (Å²) in [5.74, 6) is 0.505. The summed E-state index contributed by atoms with van der Waals surface area (Å²) in [6.45, 7) is 5.36. The zero-order chi connectivity index (χ0) is 20.4. The first kappa shape index (κ1) is 23.5. The average molecular weight is 437 g/mol. The number of aliphatic hydroxyl groups excluding tert-OH is 1. The SMILES string of the molecule is COc1ccc([C@H]2Sc3ccc(C)c(C)c3N(CCN(C)C)C(=O)[C@H]2O)cc1.Cl. The predicted molar refractivity (Wildman–Crippen MR) is 122 cm³/mol. The van der Waals surface area contributed by atoms with Crippen molar-refractivity contribution in [2.24, 2.45) is 0 Å². The number of ether oxygens (including phenoxy) is 1. The van der Waals surface area contributed by atoms with Crippen molar-refractivity contribution in [1.82, 2.24) is 4.90 Å². The monoisotopic (exact) mass is 436 g/mol. The second-order valence-electron chi connectivity index (χ2n) is 7.40. The van der Waals surface area contributed by atoms with Crippen LogP contribution in [-0.4, -0.2) is 56.3 Å². The molecule has 0 aliphatic carbocycles. The second kappa shape index (κ2) is 9.85. The van der Waals surface area contributed by atoms with Crippen molar-refractivity contribution in [3.05, 3.63) is 53.1 Å². The third kappa shape index (κ3) is 4.89. The third-order valence-electron chi connectivity index (χ3n) is 5.21. The molecule has 5 nitrogen and oxygen atoms in total. The molecule has 0 saturated heterocycles. The zero-order valence-electron chi connectivity index (χ0n) is 17.5. The van der Waals surface area contributed by atoms with Gasteiger partial charge >= 0.3 is 0 Å². The Labute approximate surface area is 183 Å². The Morgan fingerprint density at radius 2 is 1.79 bits per heavy atom. The molecule has 1 N–H and O–H groups in total. The third-order valence-corrected chi connectivity index (χ3v) is 6.58. The average Bonchev–Trinajstić information content (AvgIpc) is 2.79. The van der Waals surface area contributed by atoms with Crippen LogP contribution in [0.1, 0.15) is 21.9 Å². The summed E-state index contributed by atoms with van der Waals surface area (Å²) in [6, 6.07) is 11.7.